The van der Waals surface area contributed by atoms with E-state index in [9.17, 15) is 4.79 Å². The fourth-order valence-electron chi connectivity index (χ4n) is 3.12. The Labute approximate surface area is 145 Å². The molecule has 23 heavy (non-hydrogen) atoms. The molecule has 126 valence electrons. The molecule has 0 spiro atoms. The van der Waals surface area contributed by atoms with Gasteiger partial charge in [0.05, 0.1) is 11.7 Å². The van der Waals surface area contributed by atoms with E-state index in [-0.39, 0.29) is 12.1 Å². The lowest BCUT2D eigenvalue weighted by Gasteiger charge is -2.47. The fourth-order valence-corrected chi connectivity index (χ4v) is 3.44. The summed E-state index contributed by atoms with van der Waals surface area (Å²) < 4.78 is 6.48. The first-order chi connectivity index (χ1) is 10.7. The summed E-state index contributed by atoms with van der Waals surface area (Å²) in [5.74, 6) is 0.996. The Morgan fingerprint density at radius 1 is 1.35 bits per heavy atom. The van der Waals surface area contributed by atoms with Crippen LogP contribution in [0.1, 0.15) is 20.8 Å². The van der Waals surface area contributed by atoms with Crippen LogP contribution in [0, 0.1) is 0 Å². The predicted octanol–water partition coefficient (Wildman–Crippen LogP) is 2.72. The zero-order valence-electron chi connectivity index (χ0n) is 14.0. The molecule has 1 atom stereocenters. The third-order valence-electron chi connectivity index (χ3n) is 4.12. The summed E-state index contributed by atoms with van der Waals surface area (Å²) in [5, 5.41) is 0. The Morgan fingerprint density at radius 2 is 2.09 bits per heavy atom. The molecule has 3 heterocycles. The molecule has 0 unspecified atom stereocenters. The zero-order valence-corrected chi connectivity index (χ0v) is 15.6. The average molecular weight is 383 g/mol. The lowest BCUT2D eigenvalue weighted by atomic mass is 10.1. The number of nitrogens with zero attached hydrogens (tertiary/aromatic N) is 4. The number of carbonyl (C=O) groups excluding carboxylic acids is 1. The number of halogens is 1. The molecule has 2 aliphatic heterocycles. The van der Waals surface area contributed by atoms with Crippen molar-refractivity contribution in [2.75, 3.05) is 43.0 Å². The highest BCUT2D eigenvalue weighted by Gasteiger charge is 2.37. The first-order valence-corrected chi connectivity index (χ1v) is 8.65. The van der Waals surface area contributed by atoms with Crippen LogP contribution in [0.2, 0.25) is 0 Å². The smallest absolute Gasteiger partial charge is 0.410 e. The van der Waals surface area contributed by atoms with Crippen molar-refractivity contribution >= 4 is 33.5 Å². The number of piperazine rings is 1. The zero-order chi connectivity index (χ0) is 16.8. The van der Waals surface area contributed by atoms with E-state index in [0.717, 1.165) is 29.1 Å². The van der Waals surface area contributed by atoms with Gasteiger partial charge in [-0.05, 0) is 42.8 Å². The number of fused-ring (bicyclic) bond motifs is 3. The maximum absolute atomic E-state index is 12.3. The normalized spacial score (nSPS) is 20.9. The number of aromatic nitrogens is 1. The number of amides is 1. The van der Waals surface area contributed by atoms with Gasteiger partial charge in [-0.15, -0.1) is 0 Å². The number of carbonyl (C=O) groups is 1. The van der Waals surface area contributed by atoms with E-state index >= 15 is 0 Å². The summed E-state index contributed by atoms with van der Waals surface area (Å²) >= 11 is 3.49. The minimum atomic E-state index is -0.460. The van der Waals surface area contributed by atoms with E-state index < -0.39 is 5.60 Å². The average Bonchev–Trinajstić information content (AvgIpc) is 2.45. The number of anilines is 2. The largest absolute Gasteiger partial charge is 0.444 e. The quantitative estimate of drug-likeness (QED) is 0.690. The standard InChI is InChI=1S/C16H23BrN4O2/c1-16(2,3)23-15(22)20-5-6-21-12(10-20)9-19(4)13-7-11(17)8-18-14(13)21/h7-8,12H,5-6,9-10H2,1-4H3/t12-/m0/s1. The van der Waals surface area contributed by atoms with Gasteiger partial charge < -0.3 is 19.4 Å². The van der Waals surface area contributed by atoms with E-state index in [1.807, 2.05) is 31.9 Å². The molecule has 2 aliphatic rings. The molecule has 3 rings (SSSR count). The first-order valence-electron chi connectivity index (χ1n) is 7.86. The van der Waals surface area contributed by atoms with Crippen molar-refractivity contribution in [1.29, 1.82) is 0 Å². The van der Waals surface area contributed by atoms with Crippen molar-refractivity contribution in [3.8, 4) is 0 Å². The summed E-state index contributed by atoms with van der Waals surface area (Å²) in [6.45, 7) is 8.65. The first kappa shape index (κ1) is 16.4. The third-order valence-corrected chi connectivity index (χ3v) is 4.55. The molecule has 0 aliphatic carbocycles. The molecule has 0 saturated carbocycles. The number of hydrogen-bond donors (Lipinski definition) is 0. The summed E-state index contributed by atoms with van der Waals surface area (Å²) in [5.41, 5.74) is 0.666. The van der Waals surface area contributed by atoms with Crippen LogP contribution in [0.5, 0.6) is 0 Å². The molecular formula is C16H23BrN4O2. The topological polar surface area (TPSA) is 48.9 Å². The van der Waals surface area contributed by atoms with Gasteiger partial charge in [-0.3, -0.25) is 0 Å². The Kier molecular flexibility index (Phi) is 4.16. The fraction of sp³-hybridized carbons (Fsp3) is 0.625. The van der Waals surface area contributed by atoms with Crippen molar-refractivity contribution in [1.82, 2.24) is 9.88 Å². The van der Waals surface area contributed by atoms with Crippen molar-refractivity contribution in [3.63, 3.8) is 0 Å². The molecule has 1 amide bonds. The molecule has 1 aromatic heterocycles. The highest BCUT2D eigenvalue weighted by molar-refractivity contribution is 9.10. The predicted molar refractivity (Wildman–Crippen MR) is 94.1 cm³/mol. The summed E-state index contributed by atoms with van der Waals surface area (Å²) in [4.78, 5) is 23.2. The minimum absolute atomic E-state index is 0.227. The van der Waals surface area contributed by atoms with Gasteiger partial charge in [-0.25, -0.2) is 9.78 Å². The van der Waals surface area contributed by atoms with Crippen molar-refractivity contribution in [3.05, 3.63) is 16.7 Å². The highest BCUT2D eigenvalue weighted by atomic mass is 79.9. The van der Waals surface area contributed by atoms with Gasteiger partial charge in [-0.1, -0.05) is 0 Å². The number of pyridine rings is 1. The van der Waals surface area contributed by atoms with E-state index in [2.05, 4.69) is 43.8 Å². The second-order valence-electron chi connectivity index (χ2n) is 7.15. The minimum Gasteiger partial charge on any atom is -0.444 e. The van der Waals surface area contributed by atoms with Crippen LogP contribution < -0.4 is 9.80 Å². The number of rotatable bonds is 0. The van der Waals surface area contributed by atoms with E-state index in [4.69, 9.17) is 4.74 Å². The van der Waals surface area contributed by atoms with Crippen LogP contribution in [0.25, 0.3) is 0 Å². The van der Waals surface area contributed by atoms with E-state index in [0.29, 0.717) is 13.1 Å². The van der Waals surface area contributed by atoms with Crippen molar-refractivity contribution in [2.24, 2.45) is 0 Å². The molecule has 1 saturated heterocycles. The SMILES string of the molecule is CN1C[C@H]2CN(C(=O)OC(C)(C)C)CCN2c2ncc(Br)cc21. The Hall–Kier alpha value is -1.50. The van der Waals surface area contributed by atoms with Crippen LogP contribution in [0.3, 0.4) is 0 Å². The van der Waals surface area contributed by atoms with Gasteiger partial charge in [0.2, 0.25) is 0 Å². The van der Waals surface area contributed by atoms with Gasteiger partial charge in [0, 0.05) is 43.9 Å². The van der Waals surface area contributed by atoms with Crippen LogP contribution in [-0.2, 0) is 4.74 Å². The molecule has 6 nitrogen and oxygen atoms in total. The molecule has 0 bridgehead atoms. The Balaban J connectivity index is 1.76. The highest BCUT2D eigenvalue weighted by Crippen LogP contribution is 2.35. The summed E-state index contributed by atoms with van der Waals surface area (Å²) in [7, 11) is 2.07. The Morgan fingerprint density at radius 3 is 2.78 bits per heavy atom. The number of hydrogen-bond acceptors (Lipinski definition) is 5. The molecular weight excluding hydrogens is 360 g/mol. The van der Waals surface area contributed by atoms with Gasteiger partial charge in [0.25, 0.3) is 0 Å². The second kappa shape index (κ2) is 5.85. The van der Waals surface area contributed by atoms with E-state index in [1.54, 1.807) is 0 Å². The molecule has 7 heteroatoms. The summed E-state index contributed by atoms with van der Waals surface area (Å²) in [6, 6.07) is 2.33. The Bertz CT molecular complexity index is 617. The number of likely N-dealkylation sites (N-methyl/N-ethyl adjacent to an activating group) is 1. The van der Waals surface area contributed by atoms with Crippen LogP contribution >= 0.6 is 15.9 Å². The van der Waals surface area contributed by atoms with Gasteiger partial charge in [0.1, 0.15) is 5.60 Å². The van der Waals surface area contributed by atoms with Gasteiger partial charge >= 0.3 is 6.09 Å². The number of ether oxygens (including phenoxy) is 1. The van der Waals surface area contributed by atoms with Crippen LogP contribution in [0.4, 0.5) is 16.3 Å². The lowest BCUT2D eigenvalue weighted by Crippen LogP contribution is -2.61. The van der Waals surface area contributed by atoms with Gasteiger partial charge in [-0.2, -0.15) is 0 Å². The third kappa shape index (κ3) is 3.39. The molecule has 0 radical (unpaired) electrons. The van der Waals surface area contributed by atoms with Crippen molar-refractivity contribution in [2.45, 2.75) is 32.4 Å². The van der Waals surface area contributed by atoms with E-state index in [1.165, 1.54) is 0 Å². The summed E-state index contributed by atoms with van der Waals surface area (Å²) in [6.07, 6.45) is 1.60. The molecule has 1 fully saturated rings. The second-order valence-corrected chi connectivity index (χ2v) is 8.07. The molecule has 0 N–H and O–H groups in total. The van der Waals surface area contributed by atoms with Crippen LogP contribution in [-0.4, -0.2) is 60.8 Å². The molecule has 1 aromatic rings. The maximum Gasteiger partial charge on any atom is 0.410 e. The van der Waals surface area contributed by atoms with Gasteiger partial charge in [0.15, 0.2) is 5.82 Å². The maximum atomic E-state index is 12.3. The van der Waals surface area contributed by atoms with Crippen molar-refractivity contribution < 1.29 is 9.53 Å². The molecule has 0 aromatic carbocycles. The monoisotopic (exact) mass is 382 g/mol. The van der Waals surface area contributed by atoms with Crippen LogP contribution in [0.15, 0.2) is 16.7 Å². The lowest BCUT2D eigenvalue weighted by molar-refractivity contribution is 0.0214.